The van der Waals surface area contributed by atoms with Crippen molar-refractivity contribution in [1.82, 2.24) is 14.8 Å². The summed E-state index contributed by atoms with van der Waals surface area (Å²) < 4.78 is 1.87. The number of anilines is 1. The largest absolute Gasteiger partial charge is 0.325 e. The molecule has 0 radical (unpaired) electrons. The van der Waals surface area contributed by atoms with Crippen LogP contribution >= 0.6 is 11.8 Å². The molecular weight excluding hydrogens is 330 g/mol. The molecule has 1 aromatic carbocycles. The standard InChI is InChI=1S/C15H17N5O3S/c1-4-9-19-11(3)17-18-15(19)24-10(2)14(21)16-12-5-7-13(8-6-12)20(22)23/h4-8,10H,1,9H2,2-3H3,(H,16,21). The molecule has 0 saturated heterocycles. The van der Waals surface area contributed by atoms with Gasteiger partial charge in [-0.1, -0.05) is 17.8 Å². The third-order valence-corrected chi connectivity index (χ3v) is 4.29. The Morgan fingerprint density at radius 1 is 1.46 bits per heavy atom. The van der Waals surface area contributed by atoms with Crippen molar-refractivity contribution in [2.75, 3.05) is 5.32 Å². The normalized spacial score (nSPS) is 11.8. The van der Waals surface area contributed by atoms with Crippen LogP contribution in [0.3, 0.4) is 0 Å². The second-order valence-corrected chi connectivity index (χ2v) is 6.29. The average molecular weight is 347 g/mol. The Morgan fingerprint density at radius 3 is 2.71 bits per heavy atom. The summed E-state index contributed by atoms with van der Waals surface area (Å²) in [7, 11) is 0. The third kappa shape index (κ3) is 4.19. The van der Waals surface area contributed by atoms with Crippen molar-refractivity contribution in [3.8, 4) is 0 Å². The van der Waals surface area contributed by atoms with E-state index in [1.165, 1.54) is 36.0 Å². The second kappa shape index (κ2) is 7.73. The molecule has 1 heterocycles. The number of nitro groups is 1. The SMILES string of the molecule is C=CCn1c(C)nnc1SC(C)C(=O)Nc1ccc([N+](=O)[O-])cc1. The number of carbonyl (C=O) groups is 1. The van der Waals surface area contributed by atoms with Crippen molar-refractivity contribution in [2.45, 2.75) is 30.8 Å². The van der Waals surface area contributed by atoms with Crippen LogP contribution in [0.5, 0.6) is 0 Å². The number of nitro benzene ring substituents is 1. The van der Waals surface area contributed by atoms with Gasteiger partial charge in [-0.15, -0.1) is 16.8 Å². The first-order chi connectivity index (χ1) is 11.4. The number of aromatic nitrogens is 3. The maximum Gasteiger partial charge on any atom is 0.269 e. The number of carbonyl (C=O) groups excluding carboxylic acids is 1. The lowest BCUT2D eigenvalue weighted by Crippen LogP contribution is -2.23. The Hall–Kier alpha value is -2.68. The molecule has 1 amide bonds. The number of nitrogens with zero attached hydrogens (tertiary/aromatic N) is 4. The fourth-order valence-electron chi connectivity index (χ4n) is 1.91. The van der Waals surface area contributed by atoms with Crippen LogP contribution in [0.2, 0.25) is 0 Å². The Labute approximate surface area is 143 Å². The van der Waals surface area contributed by atoms with E-state index in [0.29, 0.717) is 17.4 Å². The highest BCUT2D eigenvalue weighted by Crippen LogP contribution is 2.24. The Balaban J connectivity index is 2.02. The fraction of sp³-hybridized carbons (Fsp3) is 0.267. The molecule has 1 atom stereocenters. The molecule has 126 valence electrons. The molecule has 1 aromatic heterocycles. The molecule has 1 unspecified atom stereocenters. The number of rotatable bonds is 7. The minimum atomic E-state index is -0.487. The topological polar surface area (TPSA) is 103 Å². The van der Waals surface area contributed by atoms with Crippen LogP contribution in [-0.4, -0.2) is 30.8 Å². The molecule has 1 N–H and O–H groups in total. The molecule has 2 rings (SSSR count). The zero-order valence-corrected chi connectivity index (χ0v) is 14.1. The minimum Gasteiger partial charge on any atom is -0.325 e. The van der Waals surface area contributed by atoms with Crippen LogP contribution in [-0.2, 0) is 11.3 Å². The first-order valence-corrected chi connectivity index (χ1v) is 8.03. The number of allylic oxidation sites excluding steroid dienone is 1. The van der Waals surface area contributed by atoms with E-state index in [9.17, 15) is 14.9 Å². The van der Waals surface area contributed by atoms with Crippen LogP contribution in [0.1, 0.15) is 12.7 Å². The maximum absolute atomic E-state index is 12.3. The number of nitrogens with one attached hydrogen (secondary N) is 1. The molecule has 0 aliphatic heterocycles. The molecule has 0 aliphatic carbocycles. The van der Waals surface area contributed by atoms with E-state index >= 15 is 0 Å². The molecule has 24 heavy (non-hydrogen) atoms. The lowest BCUT2D eigenvalue weighted by molar-refractivity contribution is -0.384. The number of amides is 1. The summed E-state index contributed by atoms with van der Waals surface area (Å²) in [6.07, 6.45) is 1.74. The summed E-state index contributed by atoms with van der Waals surface area (Å²) in [6, 6.07) is 5.69. The van der Waals surface area contributed by atoms with E-state index in [1.807, 2.05) is 11.5 Å². The highest BCUT2D eigenvalue weighted by atomic mass is 32.2. The van der Waals surface area contributed by atoms with Crippen molar-refractivity contribution in [3.05, 3.63) is 52.9 Å². The first-order valence-electron chi connectivity index (χ1n) is 7.15. The summed E-state index contributed by atoms with van der Waals surface area (Å²) in [5.41, 5.74) is 0.477. The van der Waals surface area contributed by atoms with E-state index in [1.54, 1.807) is 13.0 Å². The molecule has 9 heteroatoms. The van der Waals surface area contributed by atoms with Crippen LogP contribution in [0, 0.1) is 17.0 Å². The van der Waals surface area contributed by atoms with Crippen LogP contribution in [0.15, 0.2) is 42.1 Å². The van der Waals surface area contributed by atoms with Crippen molar-refractivity contribution >= 4 is 29.0 Å². The fourth-order valence-corrected chi connectivity index (χ4v) is 2.81. The lowest BCUT2D eigenvalue weighted by Gasteiger charge is -2.12. The van der Waals surface area contributed by atoms with Gasteiger partial charge in [-0.2, -0.15) is 0 Å². The van der Waals surface area contributed by atoms with Crippen LogP contribution < -0.4 is 5.32 Å². The molecule has 0 fully saturated rings. The first kappa shape index (κ1) is 17.7. The van der Waals surface area contributed by atoms with E-state index in [-0.39, 0.29) is 11.6 Å². The molecule has 0 spiro atoms. The maximum atomic E-state index is 12.3. The molecule has 8 nitrogen and oxygen atoms in total. The number of thioether (sulfide) groups is 1. The molecular formula is C15H17N5O3S. The number of hydrogen-bond acceptors (Lipinski definition) is 6. The summed E-state index contributed by atoms with van der Waals surface area (Å²) in [4.78, 5) is 22.4. The number of aryl methyl sites for hydroxylation is 1. The van der Waals surface area contributed by atoms with Gasteiger partial charge in [0.25, 0.3) is 5.69 Å². The quantitative estimate of drug-likeness (QED) is 0.357. The van der Waals surface area contributed by atoms with Crippen molar-refractivity contribution in [2.24, 2.45) is 0 Å². The van der Waals surface area contributed by atoms with Crippen molar-refractivity contribution < 1.29 is 9.72 Å². The zero-order chi connectivity index (χ0) is 17.7. The molecule has 0 aliphatic rings. The van der Waals surface area contributed by atoms with E-state index < -0.39 is 10.2 Å². The Morgan fingerprint density at radius 2 is 2.12 bits per heavy atom. The summed E-state index contributed by atoms with van der Waals surface area (Å²) in [6.45, 7) is 7.85. The minimum absolute atomic E-state index is 0.0246. The van der Waals surface area contributed by atoms with Gasteiger partial charge in [-0.05, 0) is 26.0 Å². The number of hydrogen-bond donors (Lipinski definition) is 1. The summed E-state index contributed by atoms with van der Waals surface area (Å²) >= 11 is 1.29. The number of non-ortho nitro benzene ring substituents is 1. The predicted octanol–water partition coefficient (Wildman–Crippen LogP) is 2.80. The van der Waals surface area contributed by atoms with Crippen LogP contribution in [0.4, 0.5) is 11.4 Å². The van der Waals surface area contributed by atoms with E-state index in [0.717, 1.165) is 5.82 Å². The third-order valence-electron chi connectivity index (χ3n) is 3.21. The van der Waals surface area contributed by atoms with Gasteiger partial charge in [-0.3, -0.25) is 14.9 Å². The van der Waals surface area contributed by atoms with Gasteiger partial charge >= 0.3 is 0 Å². The molecule has 0 saturated carbocycles. The van der Waals surface area contributed by atoms with Gasteiger partial charge in [0.1, 0.15) is 5.82 Å². The van der Waals surface area contributed by atoms with Crippen molar-refractivity contribution in [3.63, 3.8) is 0 Å². The smallest absolute Gasteiger partial charge is 0.269 e. The predicted molar refractivity (Wildman–Crippen MR) is 92.0 cm³/mol. The van der Waals surface area contributed by atoms with Gasteiger partial charge in [0, 0.05) is 24.4 Å². The van der Waals surface area contributed by atoms with Gasteiger partial charge in [-0.25, -0.2) is 0 Å². The zero-order valence-electron chi connectivity index (χ0n) is 13.3. The van der Waals surface area contributed by atoms with Gasteiger partial charge in [0.15, 0.2) is 5.16 Å². The summed E-state index contributed by atoms with van der Waals surface area (Å²) in [5.74, 6) is 0.528. The van der Waals surface area contributed by atoms with Gasteiger partial charge < -0.3 is 9.88 Å². The average Bonchev–Trinajstić information content (AvgIpc) is 2.89. The Kier molecular flexibility index (Phi) is 5.69. The highest BCUT2D eigenvalue weighted by molar-refractivity contribution is 8.00. The monoisotopic (exact) mass is 347 g/mol. The highest BCUT2D eigenvalue weighted by Gasteiger charge is 2.19. The van der Waals surface area contributed by atoms with E-state index in [2.05, 4.69) is 22.1 Å². The summed E-state index contributed by atoms with van der Waals surface area (Å²) in [5, 5.41) is 21.7. The number of benzene rings is 1. The van der Waals surface area contributed by atoms with Crippen LogP contribution in [0.25, 0.3) is 0 Å². The molecule has 0 bridgehead atoms. The van der Waals surface area contributed by atoms with E-state index in [4.69, 9.17) is 0 Å². The van der Waals surface area contributed by atoms with Crippen molar-refractivity contribution in [1.29, 1.82) is 0 Å². The van der Waals surface area contributed by atoms with Gasteiger partial charge in [0.05, 0.1) is 10.2 Å². The second-order valence-electron chi connectivity index (χ2n) is 4.98. The molecule has 2 aromatic rings. The van der Waals surface area contributed by atoms with Gasteiger partial charge in [0.2, 0.25) is 5.91 Å². The Bertz CT molecular complexity index is 757. The lowest BCUT2D eigenvalue weighted by atomic mass is 10.3.